The van der Waals surface area contributed by atoms with Gasteiger partial charge >= 0.3 is 0 Å². The van der Waals surface area contributed by atoms with Gasteiger partial charge in [0.2, 0.25) is 0 Å². The standard InChI is InChI=1S/C19H24N4O/c1-15-10-22-18(12-21-15)19(24)23(13-16-6-3-2-4-7-16)14-17-8-5-9-20-11-17/h5,8-12,16H,2-4,6-7,13-14H2,1H3. The van der Waals surface area contributed by atoms with E-state index in [0.717, 1.165) is 17.8 Å². The van der Waals surface area contributed by atoms with Crippen molar-refractivity contribution in [2.75, 3.05) is 6.54 Å². The monoisotopic (exact) mass is 324 g/mol. The number of pyridine rings is 1. The molecule has 1 fully saturated rings. The summed E-state index contributed by atoms with van der Waals surface area (Å²) in [6, 6.07) is 3.92. The van der Waals surface area contributed by atoms with Gasteiger partial charge in [-0.25, -0.2) is 4.98 Å². The van der Waals surface area contributed by atoms with Crippen molar-refractivity contribution < 1.29 is 4.79 Å². The zero-order valence-corrected chi connectivity index (χ0v) is 14.2. The number of hydrogen-bond acceptors (Lipinski definition) is 4. The fourth-order valence-corrected chi connectivity index (χ4v) is 3.28. The van der Waals surface area contributed by atoms with Crippen molar-refractivity contribution in [2.24, 2.45) is 5.92 Å². The van der Waals surface area contributed by atoms with Gasteiger partial charge < -0.3 is 4.90 Å². The molecule has 1 aliphatic rings. The normalized spacial score (nSPS) is 15.2. The third kappa shape index (κ3) is 4.37. The van der Waals surface area contributed by atoms with Crippen LogP contribution in [0.2, 0.25) is 0 Å². The van der Waals surface area contributed by atoms with E-state index in [2.05, 4.69) is 15.0 Å². The molecule has 0 N–H and O–H groups in total. The number of aryl methyl sites for hydroxylation is 1. The molecule has 0 bridgehead atoms. The maximum absolute atomic E-state index is 12.9. The van der Waals surface area contributed by atoms with Gasteiger partial charge in [0, 0.05) is 31.7 Å². The summed E-state index contributed by atoms with van der Waals surface area (Å²) < 4.78 is 0. The highest BCUT2D eigenvalue weighted by molar-refractivity contribution is 5.92. The third-order valence-corrected chi connectivity index (χ3v) is 4.59. The average molecular weight is 324 g/mol. The van der Waals surface area contributed by atoms with Gasteiger partial charge in [0.15, 0.2) is 0 Å². The maximum Gasteiger partial charge on any atom is 0.274 e. The minimum absolute atomic E-state index is 0.0445. The minimum atomic E-state index is -0.0445. The summed E-state index contributed by atoms with van der Waals surface area (Å²) in [6.45, 7) is 3.22. The highest BCUT2D eigenvalue weighted by atomic mass is 16.2. The molecular formula is C19H24N4O. The van der Waals surface area contributed by atoms with Crippen molar-refractivity contribution >= 4 is 5.91 Å². The molecule has 0 saturated heterocycles. The number of aromatic nitrogens is 3. The molecule has 2 heterocycles. The Labute approximate surface area is 143 Å². The van der Waals surface area contributed by atoms with Crippen LogP contribution >= 0.6 is 0 Å². The Morgan fingerprint density at radius 2 is 2.00 bits per heavy atom. The van der Waals surface area contributed by atoms with E-state index in [4.69, 9.17) is 0 Å². The van der Waals surface area contributed by atoms with Gasteiger partial charge in [-0.05, 0) is 37.3 Å². The lowest BCUT2D eigenvalue weighted by Crippen LogP contribution is -2.36. The quantitative estimate of drug-likeness (QED) is 0.846. The van der Waals surface area contributed by atoms with Crippen molar-refractivity contribution in [1.82, 2.24) is 19.9 Å². The largest absolute Gasteiger partial charge is 0.333 e. The summed E-state index contributed by atoms with van der Waals surface area (Å²) in [5.74, 6) is 0.537. The van der Waals surface area contributed by atoms with Crippen LogP contribution in [0.25, 0.3) is 0 Å². The Morgan fingerprint density at radius 3 is 2.67 bits per heavy atom. The predicted molar refractivity (Wildman–Crippen MR) is 92.3 cm³/mol. The SMILES string of the molecule is Cc1cnc(C(=O)N(Cc2cccnc2)CC2CCCCC2)cn1. The lowest BCUT2D eigenvalue weighted by molar-refractivity contribution is 0.0692. The molecule has 2 aromatic heterocycles. The molecule has 24 heavy (non-hydrogen) atoms. The Kier molecular flexibility index (Phi) is 5.51. The number of amides is 1. The van der Waals surface area contributed by atoms with Gasteiger partial charge in [0.25, 0.3) is 5.91 Å². The second-order valence-corrected chi connectivity index (χ2v) is 6.59. The lowest BCUT2D eigenvalue weighted by Gasteiger charge is -2.29. The topological polar surface area (TPSA) is 59.0 Å². The molecule has 3 rings (SSSR count). The van der Waals surface area contributed by atoms with Gasteiger partial charge in [0.1, 0.15) is 5.69 Å². The van der Waals surface area contributed by atoms with E-state index in [1.54, 1.807) is 18.6 Å². The van der Waals surface area contributed by atoms with E-state index in [-0.39, 0.29) is 5.91 Å². The van der Waals surface area contributed by atoms with Crippen LogP contribution in [0.3, 0.4) is 0 Å². The van der Waals surface area contributed by atoms with Crippen molar-refractivity contribution in [3.63, 3.8) is 0 Å². The van der Waals surface area contributed by atoms with Crippen molar-refractivity contribution in [1.29, 1.82) is 0 Å². The van der Waals surface area contributed by atoms with Crippen molar-refractivity contribution in [2.45, 2.75) is 45.6 Å². The van der Waals surface area contributed by atoms with E-state index in [1.165, 1.54) is 32.1 Å². The Hall–Kier alpha value is -2.30. The van der Waals surface area contributed by atoms with Crippen molar-refractivity contribution in [3.8, 4) is 0 Å². The summed E-state index contributed by atoms with van der Waals surface area (Å²) in [7, 11) is 0. The molecule has 1 saturated carbocycles. The second-order valence-electron chi connectivity index (χ2n) is 6.59. The number of carbonyl (C=O) groups is 1. The van der Waals surface area contributed by atoms with Crippen molar-refractivity contribution in [3.05, 3.63) is 53.9 Å². The Bertz CT molecular complexity index is 651. The molecule has 1 amide bonds. The molecule has 0 spiro atoms. The molecule has 0 atom stereocenters. The molecule has 0 radical (unpaired) electrons. The van der Waals surface area contributed by atoms with E-state index >= 15 is 0 Å². The highest BCUT2D eigenvalue weighted by Crippen LogP contribution is 2.25. The summed E-state index contributed by atoms with van der Waals surface area (Å²) in [5.41, 5.74) is 2.28. The van der Waals surface area contributed by atoms with Crippen LogP contribution in [0, 0.1) is 12.8 Å². The van der Waals surface area contributed by atoms with Crippen LogP contribution in [0.1, 0.15) is 53.8 Å². The van der Waals surface area contributed by atoms with Crippen LogP contribution < -0.4 is 0 Å². The van der Waals surface area contributed by atoms with Crippen LogP contribution in [-0.4, -0.2) is 32.3 Å². The van der Waals surface area contributed by atoms with Crippen LogP contribution in [0.5, 0.6) is 0 Å². The molecule has 5 heteroatoms. The first-order chi connectivity index (χ1) is 11.7. The van der Waals surface area contributed by atoms with Crippen LogP contribution in [0.15, 0.2) is 36.9 Å². The van der Waals surface area contributed by atoms with Gasteiger partial charge in [-0.1, -0.05) is 25.3 Å². The van der Waals surface area contributed by atoms with Gasteiger partial charge in [0.05, 0.1) is 11.9 Å². The molecule has 126 valence electrons. The maximum atomic E-state index is 12.9. The van der Waals surface area contributed by atoms with Crippen LogP contribution in [-0.2, 0) is 6.54 Å². The lowest BCUT2D eigenvalue weighted by atomic mass is 9.89. The molecule has 5 nitrogen and oxygen atoms in total. The fraction of sp³-hybridized carbons (Fsp3) is 0.474. The summed E-state index contributed by atoms with van der Waals surface area (Å²) in [6.07, 6.45) is 13.1. The first-order valence-corrected chi connectivity index (χ1v) is 8.69. The average Bonchev–Trinajstić information content (AvgIpc) is 2.63. The van der Waals surface area contributed by atoms with Gasteiger partial charge in [-0.3, -0.25) is 14.8 Å². The van der Waals surface area contributed by atoms with E-state index in [1.807, 2.05) is 30.2 Å². The molecule has 2 aromatic rings. The fourth-order valence-electron chi connectivity index (χ4n) is 3.28. The first kappa shape index (κ1) is 16.6. The van der Waals surface area contributed by atoms with Crippen LogP contribution in [0.4, 0.5) is 0 Å². The molecule has 1 aliphatic carbocycles. The number of nitrogens with zero attached hydrogens (tertiary/aromatic N) is 4. The number of hydrogen-bond donors (Lipinski definition) is 0. The molecule has 0 aliphatic heterocycles. The Balaban J connectivity index is 1.77. The van der Waals surface area contributed by atoms with Gasteiger partial charge in [-0.2, -0.15) is 0 Å². The molecule has 0 aromatic carbocycles. The second kappa shape index (κ2) is 7.99. The van der Waals surface area contributed by atoms with E-state index in [0.29, 0.717) is 18.2 Å². The number of rotatable bonds is 5. The third-order valence-electron chi connectivity index (χ3n) is 4.59. The zero-order valence-electron chi connectivity index (χ0n) is 14.2. The summed E-state index contributed by atoms with van der Waals surface area (Å²) >= 11 is 0. The predicted octanol–water partition coefficient (Wildman–Crippen LogP) is 3.40. The Morgan fingerprint density at radius 1 is 1.17 bits per heavy atom. The summed E-state index contributed by atoms with van der Waals surface area (Å²) in [4.78, 5) is 27.5. The number of carbonyl (C=O) groups excluding carboxylic acids is 1. The molecule has 0 unspecified atom stereocenters. The van der Waals surface area contributed by atoms with E-state index in [9.17, 15) is 4.79 Å². The summed E-state index contributed by atoms with van der Waals surface area (Å²) in [5, 5.41) is 0. The molecular weight excluding hydrogens is 300 g/mol. The minimum Gasteiger partial charge on any atom is -0.333 e. The van der Waals surface area contributed by atoms with Gasteiger partial charge in [-0.15, -0.1) is 0 Å². The highest BCUT2D eigenvalue weighted by Gasteiger charge is 2.23. The smallest absolute Gasteiger partial charge is 0.274 e. The van der Waals surface area contributed by atoms with E-state index < -0.39 is 0 Å². The zero-order chi connectivity index (χ0) is 16.8. The first-order valence-electron chi connectivity index (χ1n) is 8.69.